The number of imidazole rings is 1. The van der Waals surface area contributed by atoms with E-state index in [1.54, 1.807) is 0 Å². The smallest absolute Gasteiger partial charge is 0.232 e. The number of fused-ring (bicyclic) bond motifs is 3. The molecule has 1 amide bonds. The average molecular weight is 270 g/mol. The fraction of sp³-hybridized carbons (Fsp3) is 0.467. The lowest BCUT2D eigenvalue weighted by molar-refractivity contribution is -0.124. The monoisotopic (exact) mass is 270 g/mol. The van der Waals surface area contributed by atoms with Gasteiger partial charge >= 0.3 is 0 Å². The quantitative estimate of drug-likeness (QED) is 0.893. The fourth-order valence-electron chi connectivity index (χ4n) is 3.11. The first-order valence-corrected chi connectivity index (χ1v) is 7.23. The number of carbonyl (C=O) groups is 1. The third-order valence-electron chi connectivity index (χ3n) is 4.60. The molecule has 104 valence electrons. The van der Waals surface area contributed by atoms with Crippen LogP contribution in [0.25, 0.3) is 11.0 Å². The highest BCUT2D eigenvalue weighted by molar-refractivity contribution is 5.96. The molecule has 0 saturated carbocycles. The van der Waals surface area contributed by atoms with Crippen LogP contribution in [0.5, 0.6) is 0 Å². The lowest BCUT2D eigenvalue weighted by Gasteiger charge is -2.33. The summed E-state index contributed by atoms with van der Waals surface area (Å²) in [6.45, 7) is 5.54. The molecule has 1 aromatic carbocycles. The molecule has 2 aliphatic rings. The fourth-order valence-corrected chi connectivity index (χ4v) is 3.11. The number of nitrogens with one attached hydrogen (secondary N) is 1. The number of nitrogens with zero attached hydrogens (tertiary/aromatic N) is 3. The third-order valence-corrected chi connectivity index (χ3v) is 4.60. The van der Waals surface area contributed by atoms with E-state index in [0.717, 1.165) is 43.2 Å². The predicted octanol–water partition coefficient (Wildman–Crippen LogP) is 1.24. The molecule has 0 spiro atoms. The molecule has 20 heavy (non-hydrogen) atoms. The molecule has 5 nitrogen and oxygen atoms in total. The number of carbonyl (C=O) groups excluding carboxylic acids is 1. The zero-order valence-corrected chi connectivity index (χ0v) is 11.5. The summed E-state index contributed by atoms with van der Waals surface area (Å²) >= 11 is 0. The van der Waals surface area contributed by atoms with Crippen molar-refractivity contribution in [3.05, 3.63) is 24.3 Å². The van der Waals surface area contributed by atoms with Crippen molar-refractivity contribution in [2.45, 2.75) is 13.5 Å². The lowest BCUT2D eigenvalue weighted by Crippen LogP contribution is -2.50. The Kier molecular flexibility index (Phi) is 2.57. The van der Waals surface area contributed by atoms with E-state index in [0.29, 0.717) is 5.92 Å². The molecule has 1 saturated heterocycles. The molecule has 0 aliphatic carbocycles. The highest BCUT2D eigenvalue weighted by Crippen LogP contribution is 2.29. The van der Waals surface area contributed by atoms with Gasteiger partial charge < -0.3 is 9.88 Å². The van der Waals surface area contributed by atoms with E-state index in [9.17, 15) is 4.79 Å². The first kappa shape index (κ1) is 11.9. The molecule has 2 aromatic rings. The van der Waals surface area contributed by atoms with E-state index < -0.39 is 0 Å². The Morgan fingerprint density at radius 2 is 2.15 bits per heavy atom. The number of para-hydroxylation sites is 2. The Bertz CT molecular complexity index is 674. The normalized spacial score (nSPS) is 19.9. The van der Waals surface area contributed by atoms with Crippen LogP contribution in [0.4, 0.5) is 5.95 Å². The third kappa shape index (κ3) is 1.59. The zero-order chi connectivity index (χ0) is 13.7. The van der Waals surface area contributed by atoms with Gasteiger partial charge in [0.15, 0.2) is 0 Å². The van der Waals surface area contributed by atoms with Crippen molar-refractivity contribution in [1.82, 2.24) is 14.9 Å². The minimum absolute atomic E-state index is 0.0719. The van der Waals surface area contributed by atoms with Gasteiger partial charge in [-0.3, -0.25) is 9.69 Å². The molecule has 3 heterocycles. The average Bonchev–Trinajstić information content (AvgIpc) is 2.94. The molecule has 1 unspecified atom stereocenters. The molecule has 5 heteroatoms. The van der Waals surface area contributed by atoms with E-state index in [1.165, 1.54) is 0 Å². The molecular weight excluding hydrogens is 252 g/mol. The van der Waals surface area contributed by atoms with E-state index >= 15 is 0 Å². The van der Waals surface area contributed by atoms with Crippen LogP contribution in [0.2, 0.25) is 0 Å². The molecule has 0 bridgehead atoms. The van der Waals surface area contributed by atoms with E-state index in [-0.39, 0.29) is 11.8 Å². The number of benzene rings is 1. The van der Waals surface area contributed by atoms with Crippen LogP contribution < -0.4 is 10.2 Å². The van der Waals surface area contributed by atoms with Gasteiger partial charge in [-0.05, 0) is 31.1 Å². The van der Waals surface area contributed by atoms with Crippen molar-refractivity contribution in [2.75, 3.05) is 24.5 Å². The van der Waals surface area contributed by atoms with Crippen LogP contribution in [-0.4, -0.2) is 35.1 Å². The summed E-state index contributed by atoms with van der Waals surface area (Å²) in [6, 6.07) is 8.08. The van der Waals surface area contributed by atoms with Crippen LogP contribution in [-0.2, 0) is 11.3 Å². The van der Waals surface area contributed by atoms with Crippen molar-refractivity contribution in [3.63, 3.8) is 0 Å². The Morgan fingerprint density at radius 3 is 2.90 bits per heavy atom. The first-order chi connectivity index (χ1) is 9.75. The Hall–Kier alpha value is -1.88. The number of anilines is 1. The summed E-state index contributed by atoms with van der Waals surface area (Å²) in [6.07, 6.45) is 0. The maximum atomic E-state index is 12.7. The number of aromatic nitrogens is 2. The maximum Gasteiger partial charge on any atom is 0.232 e. The molecule has 1 aromatic heterocycles. The van der Waals surface area contributed by atoms with Gasteiger partial charge in [0, 0.05) is 19.0 Å². The predicted molar refractivity (Wildman–Crippen MR) is 77.6 cm³/mol. The minimum Gasteiger partial charge on any atom is -0.316 e. The number of rotatable bonds is 2. The van der Waals surface area contributed by atoms with Crippen molar-refractivity contribution in [2.24, 2.45) is 11.8 Å². The summed E-state index contributed by atoms with van der Waals surface area (Å²) in [5, 5.41) is 3.24. The molecule has 1 N–H and O–H groups in total. The maximum absolute atomic E-state index is 12.7. The second-order valence-corrected chi connectivity index (χ2v) is 5.75. The van der Waals surface area contributed by atoms with Crippen LogP contribution >= 0.6 is 0 Å². The first-order valence-electron chi connectivity index (χ1n) is 7.23. The second kappa shape index (κ2) is 4.31. The minimum atomic E-state index is 0.0719. The topological polar surface area (TPSA) is 50.2 Å². The number of hydrogen-bond donors (Lipinski definition) is 1. The van der Waals surface area contributed by atoms with Crippen LogP contribution in [0.3, 0.4) is 0 Å². The Balaban J connectivity index is 1.68. The SMILES string of the molecule is CC(C(=O)N1CCn2c1nc1ccccc12)C1CNC1. The van der Waals surface area contributed by atoms with Crippen molar-refractivity contribution in [1.29, 1.82) is 0 Å². The second-order valence-electron chi connectivity index (χ2n) is 5.75. The van der Waals surface area contributed by atoms with Gasteiger partial charge in [0.25, 0.3) is 0 Å². The molecule has 4 rings (SSSR count). The van der Waals surface area contributed by atoms with Gasteiger partial charge in [-0.15, -0.1) is 0 Å². The van der Waals surface area contributed by atoms with Crippen LogP contribution in [0, 0.1) is 11.8 Å². The number of hydrogen-bond acceptors (Lipinski definition) is 3. The molecule has 0 radical (unpaired) electrons. The van der Waals surface area contributed by atoms with Gasteiger partial charge in [0.1, 0.15) is 0 Å². The Morgan fingerprint density at radius 1 is 1.35 bits per heavy atom. The lowest BCUT2D eigenvalue weighted by atomic mass is 9.88. The highest BCUT2D eigenvalue weighted by Gasteiger charge is 2.36. The standard InChI is InChI=1S/C15H18N4O/c1-10(11-8-16-9-11)14(20)19-7-6-18-13-5-3-2-4-12(13)17-15(18)19/h2-5,10-11,16H,6-9H2,1H3. The summed E-state index contributed by atoms with van der Waals surface area (Å²) in [7, 11) is 0. The number of amides is 1. The van der Waals surface area contributed by atoms with Gasteiger partial charge in [0.2, 0.25) is 11.9 Å². The van der Waals surface area contributed by atoms with Crippen molar-refractivity contribution >= 4 is 22.9 Å². The van der Waals surface area contributed by atoms with Gasteiger partial charge in [0.05, 0.1) is 11.0 Å². The van der Waals surface area contributed by atoms with Crippen LogP contribution in [0.15, 0.2) is 24.3 Å². The van der Waals surface area contributed by atoms with Crippen molar-refractivity contribution < 1.29 is 4.79 Å². The highest BCUT2D eigenvalue weighted by atomic mass is 16.2. The summed E-state index contributed by atoms with van der Waals surface area (Å²) in [4.78, 5) is 19.2. The largest absolute Gasteiger partial charge is 0.316 e. The van der Waals surface area contributed by atoms with Gasteiger partial charge in [-0.25, -0.2) is 4.98 Å². The van der Waals surface area contributed by atoms with E-state index in [4.69, 9.17) is 0 Å². The summed E-state index contributed by atoms with van der Waals surface area (Å²) in [5.74, 6) is 1.57. The summed E-state index contributed by atoms with van der Waals surface area (Å²) < 4.78 is 2.15. The van der Waals surface area contributed by atoms with E-state index in [1.807, 2.05) is 30.0 Å². The summed E-state index contributed by atoms with van der Waals surface area (Å²) in [5.41, 5.74) is 2.09. The Labute approximate surface area is 117 Å². The van der Waals surface area contributed by atoms with Gasteiger partial charge in [-0.1, -0.05) is 19.1 Å². The molecular formula is C15H18N4O. The molecule has 1 atom stereocenters. The van der Waals surface area contributed by atoms with Crippen molar-refractivity contribution in [3.8, 4) is 0 Å². The van der Waals surface area contributed by atoms with Crippen LogP contribution in [0.1, 0.15) is 6.92 Å². The zero-order valence-electron chi connectivity index (χ0n) is 11.5. The van der Waals surface area contributed by atoms with E-state index in [2.05, 4.69) is 20.9 Å². The molecule has 1 fully saturated rings. The molecule has 2 aliphatic heterocycles. The van der Waals surface area contributed by atoms with Gasteiger partial charge in [-0.2, -0.15) is 0 Å².